The zero-order chi connectivity index (χ0) is 20.7. The second kappa shape index (κ2) is 7.22. The molecule has 1 N–H and O–H groups in total. The lowest BCUT2D eigenvalue weighted by Crippen LogP contribution is -2.18. The van der Waals surface area contributed by atoms with Crippen molar-refractivity contribution < 1.29 is 14.3 Å². The molecule has 1 aliphatic heterocycles. The van der Waals surface area contributed by atoms with Crippen molar-refractivity contribution in [2.75, 3.05) is 5.32 Å². The van der Waals surface area contributed by atoms with Crippen LogP contribution in [0.15, 0.2) is 48.8 Å². The van der Waals surface area contributed by atoms with Gasteiger partial charge in [0.15, 0.2) is 0 Å². The highest BCUT2D eigenvalue weighted by Crippen LogP contribution is 2.39. The highest BCUT2D eigenvalue weighted by Gasteiger charge is 2.26. The van der Waals surface area contributed by atoms with Gasteiger partial charge in [0, 0.05) is 19.2 Å². The maximum Gasteiger partial charge on any atom is 0.413 e. The molecule has 0 saturated carbocycles. The summed E-state index contributed by atoms with van der Waals surface area (Å²) < 4.78 is 15.0. The van der Waals surface area contributed by atoms with Crippen LogP contribution in [0.1, 0.15) is 18.1 Å². The Morgan fingerprint density at radius 1 is 1.27 bits per heavy atom. The van der Waals surface area contributed by atoms with Crippen molar-refractivity contribution in [3.05, 3.63) is 59.9 Å². The maximum atomic E-state index is 12.5. The van der Waals surface area contributed by atoms with Gasteiger partial charge in [0.05, 0.1) is 22.9 Å². The number of ether oxygens (including phenoxy) is 2. The summed E-state index contributed by atoms with van der Waals surface area (Å²) in [5.74, 6) is 1.40. The molecule has 0 atom stereocenters. The topological polar surface area (TPSA) is 83.2 Å². The van der Waals surface area contributed by atoms with E-state index in [2.05, 4.69) is 15.4 Å². The highest BCUT2D eigenvalue weighted by molar-refractivity contribution is 5.87. The number of anilines is 1. The van der Waals surface area contributed by atoms with Crippen molar-refractivity contribution in [1.29, 1.82) is 0 Å². The molecule has 0 unspecified atom stereocenters. The van der Waals surface area contributed by atoms with Gasteiger partial charge in [-0.05, 0) is 36.8 Å². The van der Waals surface area contributed by atoms with Crippen LogP contribution in [-0.2, 0) is 31.5 Å². The summed E-state index contributed by atoms with van der Waals surface area (Å²) in [5, 5.41) is 7.53. The molecule has 30 heavy (non-hydrogen) atoms. The summed E-state index contributed by atoms with van der Waals surface area (Å²) in [6.45, 7) is 3.09. The predicted molar refractivity (Wildman–Crippen MR) is 112 cm³/mol. The molecule has 0 bridgehead atoms. The number of para-hydroxylation sites is 1. The van der Waals surface area contributed by atoms with E-state index in [1.54, 1.807) is 11.0 Å². The van der Waals surface area contributed by atoms with Gasteiger partial charge < -0.3 is 14.0 Å². The molecule has 1 aliphatic rings. The Hall–Kier alpha value is -3.81. The minimum absolute atomic E-state index is 0.153. The van der Waals surface area contributed by atoms with Gasteiger partial charge in [-0.3, -0.25) is 5.32 Å². The van der Waals surface area contributed by atoms with E-state index in [4.69, 9.17) is 9.47 Å². The third kappa shape index (κ3) is 3.06. The molecule has 5 rings (SSSR count). The van der Waals surface area contributed by atoms with Crippen LogP contribution >= 0.6 is 0 Å². The maximum absolute atomic E-state index is 12.5. The van der Waals surface area contributed by atoms with Gasteiger partial charge in [-0.2, -0.15) is 5.10 Å². The van der Waals surface area contributed by atoms with E-state index in [0.29, 0.717) is 19.0 Å². The number of hydrogen-bond donors (Lipinski definition) is 1. The number of imidazole rings is 1. The first-order valence-corrected chi connectivity index (χ1v) is 9.79. The van der Waals surface area contributed by atoms with E-state index in [1.165, 1.54) is 0 Å². The third-order valence-corrected chi connectivity index (χ3v) is 5.24. The van der Waals surface area contributed by atoms with Gasteiger partial charge in [-0.1, -0.05) is 18.2 Å². The zero-order valence-corrected chi connectivity index (χ0v) is 16.8. The average Bonchev–Trinajstić information content (AvgIpc) is 3.32. The van der Waals surface area contributed by atoms with E-state index >= 15 is 0 Å². The normalized spacial score (nSPS) is 12.2. The van der Waals surface area contributed by atoms with Crippen LogP contribution < -0.4 is 10.1 Å². The Kier molecular flexibility index (Phi) is 4.39. The van der Waals surface area contributed by atoms with Crippen LogP contribution in [0.4, 0.5) is 10.6 Å². The van der Waals surface area contributed by atoms with Crippen LogP contribution in [0.3, 0.4) is 0 Å². The number of benzene rings is 2. The zero-order valence-electron chi connectivity index (χ0n) is 16.8. The quantitative estimate of drug-likeness (QED) is 0.555. The molecular formula is C22H21N5O3. The van der Waals surface area contributed by atoms with E-state index in [0.717, 1.165) is 39.2 Å². The van der Waals surface area contributed by atoms with Gasteiger partial charge in [0.2, 0.25) is 0 Å². The van der Waals surface area contributed by atoms with Crippen molar-refractivity contribution in [3.63, 3.8) is 0 Å². The van der Waals surface area contributed by atoms with Crippen molar-refractivity contribution in [2.45, 2.75) is 26.7 Å². The van der Waals surface area contributed by atoms with Gasteiger partial charge in [0.25, 0.3) is 0 Å². The number of rotatable bonds is 4. The summed E-state index contributed by atoms with van der Waals surface area (Å²) >= 11 is 0. The fraction of sp³-hybridized carbons (Fsp3) is 0.227. The van der Waals surface area contributed by atoms with Crippen LogP contribution in [-0.4, -0.2) is 25.4 Å². The Morgan fingerprint density at radius 3 is 3.00 bits per heavy atom. The fourth-order valence-corrected chi connectivity index (χ4v) is 3.71. The van der Waals surface area contributed by atoms with Crippen molar-refractivity contribution in [3.8, 4) is 17.0 Å². The lowest BCUT2D eigenvalue weighted by molar-refractivity contribution is 0.155. The molecule has 2 aromatic heterocycles. The Morgan fingerprint density at radius 2 is 2.13 bits per heavy atom. The number of nitrogens with zero attached hydrogens (tertiary/aromatic N) is 4. The number of carbonyl (C=O) groups excluding carboxylic acids is 1. The molecule has 152 valence electrons. The highest BCUT2D eigenvalue weighted by atomic mass is 16.5. The van der Waals surface area contributed by atoms with Crippen LogP contribution in [0.5, 0.6) is 5.75 Å². The van der Waals surface area contributed by atoms with E-state index < -0.39 is 6.09 Å². The lowest BCUT2D eigenvalue weighted by atomic mass is 10.0. The van der Waals surface area contributed by atoms with E-state index in [9.17, 15) is 4.79 Å². The average molecular weight is 403 g/mol. The van der Waals surface area contributed by atoms with Crippen LogP contribution in [0.2, 0.25) is 0 Å². The van der Waals surface area contributed by atoms with E-state index in [1.807, 2.05) is 61.0 Å². The number of aromatic nitrogens is 4. The molecule has 0 spiro atoms. The van der Waals surface area contributed by atoms with Gasteiger partial charge in [-0.15, -0.1) is 0 Å². The van der Waals surface area contributed by atoms with Crippen molar-refractivity contribution >= 4 is 22.9 Å². The van der Waals surface area contributed by atoms with Crippen molar-refractivity contribution in [1.82, 2.24) is 19.3 Å². The second-order valence-electron chi connectivity index (χ2n) is 7.16. The van der Waals surface area contributed by atoms with Gasteiger partial charge >= 0.3 is 6.09 Å². The first-order valence-electron chi connectivity index (χ1n) is 9.79. The summed E-state index contributed by atoms with van der Waals surface area (Å²) in [5.41, 5.74) is 5.37. The summed E-state index contributed by atoms with van der Waals surface area (Å²) in [7, 11) is 1.94. The summed E-state index contributed by atoms with van der Waals surface area (Å²) in [4.78, 5) is 16.9. The fourth-order valence-electron chi connectivity index (χ4n) is 3.71. The molecule has 8 nitrogen and oxygen atoms in total. The SMILES string of the molecule is CCn1nc2c(c1NC(=O)OCc1ccc3c(c1)ncn3C)COc1ccccc1-2. The Labute approximate surface area is 173 Å². The standard InChI is InChI=1S/C22H21N5O3/c1-3-27-21(16-12-29-19-7-5-4-6-15(19)20(16)25-27)24-22(28)30-11-14-8-9-18-17(10-14)23-13-26(18)2/h4-10,13H,3,11-12H2,1-2H3,(H,24,28). The van der Waals surface area contributed by atoms with Crippen LogP contribution in [0, 0.1) is 0 Å². The minimum atomic E-state index is -0.535. The molecule has 4 aromatic rings. The molecule has 0 saturated heterocycles. The molecule has 0 fully saturated rings. The molecule has 0 radical (unpaired) electrons. The predicted octanol–water partition coefficient (Wildman–Crippen LogP) is 4.10. The largest absolute Gasteiger partial charge is 0.488 e. The van der Waals surface area contributed by atoms with Gasteiger partial charge in [0.1, 0.15) is 30.5 Å². The molecule has 1 amide bonds. The molecule has 2 aromatic carbocycles. The smallest absolute Gasteiger partial charge is 0.413 e. The van der Waals surface area contributed by atoms with E-state index in [-0.39, 0.29) is 6.61 Å². The number of amides is 1. The Balaban J connectivity index is 1.34. The first kappa shape index (κ1) is 18.2. The third-order valence-electron chi connectivity index (χ3n) is 5.24. The molecule has 0 aliphatic carbocycles. The lowest BCUT2D eigenvalue weighted by Gasteiger charge is -2.17. The monoisotopic (exact) mass is 403 g/mol. The minimum Gasteiger partial charge on any atom is -0.488 e. The summed E-state index contributed by atoms with van der Waals surface area (Å²) in [6.07, 6.45) is 1.23. The second-order valence-corrected chi connectivity index (χ2v) is 7.16. The van der Waals surface area contributed by atoms with Crippen LogP contribution in [0.25, 0.3) is 22.3 Å². The summed E-state index contributed by atoms with van der Waals surface area (Å²) in [6, 6.07) is 13.6. The number of hydrogen-bond acceptors (Lipinski definition) is 5. The number of aryl methyl sites for hydroxylation is 2. The van der Waals surface area contributed by atoms with Crippen molar-refractivity contribution in [2.24, 2.45) is 7.05 Å². The Bertz CT molecular complexity index is 1260. The van der Waals surface area contributed by atoms with Gasteiger partial charge in [-0.25, -0.2) is 14.5 Å². The molecular weight excluding hydrogens is 382 g/mol. The molecule has 8 heteroatoms. The number of fused-ring (bicyclic) bond motifs is 4. The first-order chi connectivity index (χ1) is 14.6. The number of nitrogens with one attached hydrogen (secondary N) is 1. The molecule has 3 heterocycles. The number of carbonyl (C=O) groups is 1.